The summed E-state index contributed by atoms with van der Waals surface area (Å²) in [6, 6.07) is 6.83. The highest BCUT2D eigenvalue weighted by Gasteiger charge is 2.27. The number of nitrogens with zero attached hydrogens (tertiary/aromatic N) is 1. The normalized spacial score (nSPS) is 18.3. The zero-order chi connectivity index (χ0) is 15.5. The molecule has 0 unspecified atom stereocenters. The topological polar surface area (TPSA) is 24.5 Å². The molecule has 0 bridgehead atoms. The minimum atomic E-state index is -0.0534. The molecule has 2 rings (SSSR count). The zero-order valence-electron chi connectivity index (χ0n) is 14.2. The van der Waals surface area contributed by atoms with Gasteiger partial charge in [-0.15, -0.1) is 0 Å². The summed E-state index contributed by atoms with van der Waals surface area (Å²) in [5, 5.41) is 3.51. The summed E-state index contributed by atoms with van der Waals surface area (Å²) in [4.78, 5) is 2.45. The summed E-state index contributed by atoms with van der Waals surface area (Å²) in [6.07, 6.45) is 0. The summed E-state index contributed by atoms with van der Waals surface area (Å²) in [6.45, 7) is 15.8. The van der Waals surface area contributed by atoms with Gasteiger partial charge in [-0.3, -0.25) is 0 Å². The number of aryl methyl sites for hydroxylation is 1. The second-order valence-electron chi connectivity index (χ2n) is 7.18. The van der Waals surface area contributed by atoms with E-state index in [4.69, 9.17) is 4.74 Å². The Morgan fingerprint density at radius 3 is 2.71 bits per heavy atom. The molecule has 1 aromatic carbocycles. The number of rotatable bonds is 5. The Kier molecular flexibility index (Phi) is 5.28. The Labute approximate surface area is 129 Å². The molecule has 0 spiro atoms. The van der Waals surface area contributed by atoms with E-state index in [9.17, 15) is 0 Å². The molecule has 0 atom stereocenters. The molecule has 1 aliphatic heterocycles. The predicted molar refractivity (Wildman–Crippen MR) is 90.0 cm³/mol. The van der Waals surface area contributed by atoms with Crippen LogP contribution in [0.15, 0.2) is 18.2 Å². The van der Waals surface area contributed by atoms with Gasteiger partial charge < -0.3 is 15.0 Å². The molecule has 3 nitrogen and oxygen atoms in total. The van der Waals surface area contributed by atoms with Gasteiger partial charge in [-0.2, -0.15) is 0 Å². The van der Waals surface area contributed by atoms with E-state index in [1.54, 1.807) is 0 Å². The fourth-order valence-electron chi connectivity index (χ4n) is 2.91. The molecule has 0 saturated carbocycles. The van der Waals surface area contributed by atoms with Gasteiger partial charge in [0.1, 0.15) is 0 Å². The lowest BCUT2D eigenvalue weighted by molar-refractivity contribution is -0.0277. The maximum Gasteiger partial charge on any atom is 0.0801 e. The molecule has 1 heterocycles. The Morgan fingerprint density at radius 2 is 2.10 bits per heavy atom. The van der Waals surface area contributed by atoms with Gasteiger partial charge >= 0.3 is 0 Å². The highest BCUT2D eigenvalue weighted by molar-refractivity contribution is 5.55. The van der Waals surface area contributed by atoms with Crippen molar-refractivity contribution in [3.8, 4) is 0 Å². The molecule has 118 valence electrons. The van der Waals surface area contributed by atoms with E-state index in [0.29, 0.717) is 5.92 Å². The molecule has 1 saturated heterocycles. The van der Waals surface area contributed by atoms with Gasteiger partial charge in [-0.25, -0.2) is 0 Å². The van der Waals surface area contributed by atoms with Gasteiger partial charge in [-0.1, -0.05) is 26.0 Å². The number of benzene rings is 1. The van der Waals surface area contributed by atoms with Crippen LogP contribution in [0.3, 0.4) is 0 Å². The van der Waals surface area contributed by atoms with Crippen LogP contribution in [0.2, 0.25) is 0 Å². The van der Waals surface area contributed by atoms with Crippen LogP contribution in [0.4, 0.5) is 5.69 Å². The van der Waals surface area contributed by atoms with Crippen molar-refractivity contribution in [2.75, 3.05) is 31.1 Å². The van der Waals surface area contributed by atoms with Crippen molar-refractivity contribution in [3.05, 3.63) is 29.3 Å². The molecule has 1 N–H and O–H groups in total. The van der Waals surface area contributed by atoms with Crippen LogP contribution in [0.5, 0.6) is 0 Å². The molecule has 0 aliphatic carbocycles. The van der Waals surface area contributed by atoms with E-state index < -0.39 is 0 Å². The smallest absolute Gasteiger partial charge is 0.0801 e. The van der Waals surface area contributed by atoms with Crippen molar-refractivity contribution in [1.82, 2.24) is 5.32 Å². The van der Waals surface area contributed by atoms with Crippen molar-refractivity contribution in [1.29, 1.82) is 0 Å². The molecule has 1 aromatic rings. The first kappa shape index (κ1) is 16.3. The Bertz CT molecular complexity index is 468. The zero-order valence-corrected chi connectivity index (χ0v) is 14.2. The summed E-state index contributed by atoms with van der Waals surface area (Å²) in [5.41, 5.74) is 4.02. The lowest BCUT2D eigenvalue weighted by Gasteiger charge is -2.40. The average Bonchev–Trinajstić information content (AvgIpc) is 2.37. The number of hydrogen-bond acceptors (Lipinski definition) is 3. The first-order valence-corrected chi connectivity index (χ1v) is 8.06. The second-order valence-corrected chi connectivity index (χ2v) is 7.18. The molecular weight excluding hydrogens is 260 g/mol. The number of morpholine rings is 1. The van der Waals surface area contributed by atoms with Crippen LogP contribution < -0.4 is 10.2 Å². The van der Waals surface area contributed by atoms with Crippen LogP contribution in [0.25, 0.3) is 0 Å². The largest absolute Gasteiger partial charge is 0.372 e. The van der Waals surface area contributed by atoms with E-state index in [-0.39, 0.29) is 5.60 Å². The Morgan fingerprint density at radius 1 is 1.33 bits per heavy atom. The molecule has 1 aliphatic rings. The minimum Gasteiger partial charge on any atom is -0.372 e. The number of ether oxygens (including phenoxy) is 1. The standard InChI is InChI=1S/C18H30N2O/c1-14(2)11-19-12-16-6-7-17(15(3)10-16)20-8-9-21-18(4,5)13-20/h6-7,10,14,19H,8-9,11-13H2,1-5H3. The molecule has 0 aromatic heterocycles. The predicted octanol–water partition coefficient (Wildman–Crippen LogP) is 3.36. The van der Waals surface area contributed by atoms with Crippen LogP contribution >= 0.6 is 0 Å². The van der Waals surface area contributed by atoms with E-state index in [2.05, 4.69) is 63.0 Å². The fourth-order valence-corrected chi connectivity index (χ4v) is 2.91. The quantitative estimate of drug-likeness (QED) is 0.900. The summed E-state index contributed by atoms with van der Waals surface area (Å²) in [5.74, 6) is 0.695. The first-order valence-electron chi connectivity index (χ1n) is 8.06. The van der Waals surface area contributed by atoms with Crippen LogP contribution in [-0.2, 0) is 11.3 Å². The van der Waals surface area contributed by atoms with Gasteiger partial charge in [0.15, 0.2) is 0 Å². The first-order chi connectivity index (χ1) is 9.87. The molecule has 0 amide bonds. The van der Waals surface area contributed by atoms with Crippen molar-refractivity contribution in [2.24, 2.45) is 5.92 Å². The monoisotopic (exact) mass is 290 g/mol. The second kappa shape index (κ2) is 6.80. The highest BCUT2D eigenvalue weighted by atomic mass is 16.5. The third-order valence-electron chi connectivity index (χ3n) is 3.91. The third kappa shape index (κ3) is 4.72. The molecule has 21 heavy (non-hydrogen) atoms. The summed E-state index contributed by atoms with van der Waals surface area (Å²) < 4.78 is 5.80. The lowest BCUT2D eigenvalue weighted by Crippen LogP contribution is -2.48. The Balaban J connectivity index is 2.02. The SMILES string of the molecule is Cc1cc(CNCC(C)C)ccc1N1CCOC(C)(C)C1. The molecule has 3 heteroatoms. The highest BCUT2D eigenvalue weighted by Crippen LogP contribution is 2.26. The molecule has 0 radical (unpaired) electrons. The maximum atomic E-state index is 5.80. The van der Waals surface area contributed by atoms with Crippen LogP contribution in [0, 0.1) is 12.8 Å². The Hall–Kier alpha value is -1.06. The fraction of sp³-hybridized carbons (Fsp3) is 0.667. The van der Waals surface area contributed by atoms with Crippen molar-refractivity contribution < 1.29 is 4.74 Å². The minimum absolute atomic E-state index is 0.0534. The van der Waals surface area contributed by atoms with Crippen LogP contribution in [-0.4, -0.2) is 31.8 Å². The number of anilines is 1. The average molecular weight is 290 g/mol. The van der Waals surface area contributed by atoms with E-state index >= 15 is 0 Å². The van der Waals surface area contributed by atoms with Gasteiger partial charge in [0.05, 0.1) is 12.2 Å². The van der Waals surface area contributed by atoms with E-state index in [1.807, 2.05) is 0 Å². The van der Waals surface area contributed by atoms with Crippen LogP contribution in [0.1, 0.15) is 38.8 Å². The van der Waals surface area contributed by atoms with E-state index in [0.717, 1.165) is 32.8 Å². The lowest BCUT2D eigenvalue weighted by atomic mass is 10.0. The van der Waals surface area contributed by atoms with E-state index in [1.165, 1.54) is 16.8 Å². The summed E-state index contributed by atoms with van der Waals surface area (Å²) in [7, 11) is 0. The number of hydrogen-bond donors (Lipinski definition) is 1. The van der Waals surface area contributed by atoms with Gasteiger partial charge in [0.2, 0.25) is 0 Å². The maximum absolute atomic E-state index is 5.80. The molecule has 1 fully saturated rings. The third-order valence-corrected chi connectivity index (χ3v) is 3.91. The van der Waals surface area contributed by atoms with Gasteiger partial charge in [0.25, 0.3) is 0 Å². The summed E-state index contributed by atoms with van der Waals surface area (Å²) >= 11 is 0. The van der Waals surface area contributed by atoms with Crippen molar-refractivity contribution in [2.45, 2.75) is 46.8 Å². The van der Waals surface area contributed by atoms with Gasteiger partial charge in [0, 0.05) is 25.3 Å². The number of nitrogens with one attached hydrogen (secondary N) is 1. The molecular formula is C18H30N2O. The van der Waals surface area contributed by atoms with Crippen molar-refractivity contribution >= 4 is 5.69 Å². The van der Waals surface area contributed by atoms with Gasteiger partial charge in [-0.05, 0) is 50.4 Å². The van der Waals surface area contributed by atoms with Crippen molar-refractivity contribution in [3.63, 3.8) is 0 Å².